The van der Waals surface area contributed by atoms with Crippen molar-refractivity contribution in [1.29, 1.82) is 0 Å². The summed E-state index contributed by atoms with van der Waals surface area (Å²) in [5.74, 6) is 0.336. The van der Waals surface area contributed by atoms with Crippen LogP contribution in [0.25, 0.3) is 0 Å². The number of aliphatic hydroxyl groups is 1. The van der Waals surface area contributed by atoms with Crippen LogP contribution in [-0.4, -0.2) is 59.6 Å². The van der Waals surface area contributed by atoms with Gasteiger partial charge in [-0.05, 0) is 118 Å². The van der Waals surface area contributed by atoms with E-state index in [-0.39, 0.29) is 22.7 Å². The van der Waals surface area contributed by atoms with Crippen LogP contribution in [-0.2, 0) is 15.6 Å². The highest BCUT2D eigenvalue weighted by molar-refractivity contribution is 6.24. The van der Waals surface area contributed by atoms with Crippen LogP contribution < -0.4 is 19.3 Å². The zero-order valence-electron chi connectivity index (χ0n) is 36.3. The first-order valence-corrected chi connectivity index (χ1v) is 21.2. The lowest BCUT2D eigenvalue weighted by atomic mass is 9.77. The fourth-order valence-electron chi connectivity index (χ4n) is 9.06. The molecule has 312 valence electrons. The molecule has 4 aromatic carbocycles. The van der Waals surface area contributed by atoms with Crippen molar-refractivity contribution in [1.82, 2.24) is 0 Å². The first-order valence-electron chi connectivity index (χ1n) is 21.2. The normalized spacial score (nSPS) is 17.6. The molecule has 0 unspecified atom stereocenters. The number of carbonyl (C=O) groups is 2. The summed E-state index contributed by atoms with van der Waals surface area (Å²) < 4.78 is 13.1. The minimum absolute atomic E-state index is 0.0221. The predicted molar refractivity (Wildman–Crippen MR) is 241 cm³/mol. The molecule has 0 bridgehead atoms. The minimum Gasteiger partial charge on any atom is -0.506 e. The maximum Gasteiger partial charge on any atom is 0.335 e. The van der Waals surface area contributed by atoms with Crippen LogP contribution in [0.4, 0.5) is 28.4 Å². The number of methoxy groups -OCH3 is 2. The summed E-state index contributed by atoms with van der Waals surface area (Å²) in [5, 5.41) is 21.6. The second-order valence-corrected chi connectivity index (χ2v) is 16.9. The number of hydrogen-bond acceptors (Lipinski definition) is 7. The number of allylic oxidation sites excluding steroid dienone is 5. The first kappa shape index (κ1) is 42.0. The van der Waals surface area contributed by atoms with Crippen molar-refractivity contribution in [3.8, 4) is 11.5 Å². The van der Waals surface area contributed by atoms with Crippen LogP contribution >= 0.6 is 0 Å². The molecular formula is C51H58N3O6+. The molecule has 4 aromatic rings. The molecule has 9 heteroatoms. The molecule has 3 aliphatic rings. The Morgan fingerprint density at radius 2 is 1.35 bits per heavy atom. The molecule has 2 heterocycles. The second-order valence-electron chi connectivity index (χ2n) is 16.9. The number of carboxylic acid groups (broad SMARTS) is 1. The Kier molecular flexibility index (Phi) is 11.8. The van der Waals surface area contributed by atoms with Gasteiger partial charge in [0.2, 0.25) is 11.5 Å². The number of benzene rings is 4. The lowest BCUT2D eigenvalue weighted by molar-refractivity contribution is -0.438. The van der Waals surface area contributed by atoms with Crippen LogP contribution in [0.2, 0.25) is 0 Å². The fraction of sp³-hybridized carbons (Fsp3) is 0.353. The third-order valence-corrected chi connectivity index (χ3v) is 12.5. The van der Waals surface area contributed by atoms with Crippen molar-refractivity contribution >= 4 is 45.9 Å². The van der Waals surface area contributed by atoms with Gasteiger partial charge >= 0.3 is 5.97 Å². The van der Waals surface area contributed by atoms with E-state index in [4.69, 9.17) is 9.47 Å². The van der Waals surface area contributed by atoms with Gasteiger partial charge in [0.1, 0.15) is 23.8 Å². The van der Waals surface area contributed by atoms with E-state index in [9.17, 15) is 19.8 Å². The maximum atomic E-state index is 14.2. The van der Waals surface area contributed by atoms with E-state index in [1.165, 1.54) is 19.3 Å². The van der Waals surface area contributed by atoms with Crippen molar-refractivity contribution in [2.24, 2.45) is 0 Å². The third-order valence-electron chi connectivity index (χ3n) is 12.5. The van der Waals surface area contributed by atoms with Crippen LogP contribution in [0.15, 0.2) is 120 Å². The molecule has 0 atom stereocenters. The molecular weight excluding hydrogens is 751 g/mol. The van der Waals surface area contributed by atoms with Gasteiger partial charge in [0.25, 0.3) is 0 Å². The molecule has 2 N–H and O–H groups in total. The van der Waals surface area contributed by atoms with E-state index in [0.29, 0.717) is 12.1 Å². The summed E-state index contributed by atoms with van der Waals surface area (Å²) in [6.45, 7) is 14.2. The summed E-state index contributed by atoms with van der Waals surface area (Å²) in [7, 11) is 3.32. The van der Waals surface area contributed by atoms with Crippen molar-refractivity contribution < 1.29 is 33.9 Å². The molecule has 0 saturated carbocycles. The summed E-state index contributed by atoms with van der Waals surface area (Å²) in [6, 6.07) is 27.7. The number of likely N-dealkylation sites (N-methyl/N-ethyl adjacent to an activating group) is 1. The Morgan fingerprint density at radius 1 is 0.750 bits per heavy atom. The Hall–Kier alpha value is -6.09. The smallest absolute Gasteiger partial charge is 0.335 e. The van der Waals surface area contributed by atoms with Crippen molar-refractivity contribution in [3.63, 3.8) is 0 Å². The number of Topliss-reactive ketones (excluding diaryl/α,β-unsaturated/α-hetero) is 1. The molecule has 2 aliphatic heterocycles. The average Bonchev–Trinajstić information content (AvgIpc) is 3.60. The monoisotopic (exact) mass is 808 g/mol. The van der Waals surface area contributed by atoms with E-state index in [1.807, 2.05) is 66.7 Å². The number of carbonyl (C=O) groups excluding carboxylic acids is 1. The largest absolute Gasteiger partial charge is 0.506 e. The van der Waals surface area contributed by atoms with Crippen LogP contribution in [0, 0.1) is 0 Å². The zero-order chi connectivity index (χ0) is 42.9. The highest BCUT2D eigenvalue weighted by Gasteiger charge is 2.47. The lowest BCUT2D eigenvalue weighted by Gasteiger charge is -2.29. The van der Waals surface area contributed by atoms with Crippen LogP contribution in [0.5, 0.6) is 11.5 Å². The molecule has 9 nitrogen and oxygen atoms in total. The van der Waals surface area contributed by atoms with Crippen LogP contribution in [0.1, 0.15) is 102 Å². The number of anilines is 4. The summed E-state index contributed by atoms with van der Waals surface area (Å²) in [4.78, 5) is 30.6. The zero-order valence-corrected chi connectivity index (χ0v) is 36.3. The molecule has 60 heavy (non-hydrogen) atoms. The second kappa shape index (κ2) is 16.9. The molecule has 0 amide bonds. The Balaban J connectivity index is 1.25. The molecule has 0 spiro atoms. The van der Waals surface area contributed by atoms with Gasteiger partial charge in [0.05, 0.1) is 36.3 Å². The molecule has 1 aliphatic carbocycles. The lowest BCUT2D eigenvalue weighted by Crippen LogP contribution is -2.32. The molecule has 0 aromatic heterocycles. The predicted octanol–water partition coefficient (Wildman–Crippen LogP) is 11.6. The number of fused-ring (bicyclic) bond motifs is 2. The number of rotatable bonds is 16. The van der Waals surface area contributed by atoms with Gasteiger partial charge in [-0.1, -0.05) is 46.5 Å². The van der Waals surface area contributed by atoms with E-state index >= 15 is 0 Å². The number of ether oxygens (including phenoxy) is 2. The van der Waals surface area contributed by atoms with Gasteiger partial charge in [-0.25, -0.2) is 4.79 Å². The standard InChI is InChI=1S/C51H57N3O6/c1-9-11-12-13-14-15-28-53-44-26-16-33(49(57)58)29-41(44)50(3,4)46(53)32-40-47(55)39(48(40)56)31-45-51(5,6)42-30-36(21-27-43(42)52(45)10-2)54(34-17-22-37(59-7)23-18-34)35-19-24-38(60-8)25-20-35/h16-27,29-32H,9-15,28H2,1-8H3,(H-,55,56,57,58)/p+1. The SMILES string of the molecule is CCCCCCCC[N+]1=C(/C=C2/C(=O)C(/C=C3/N(CC)c4ccc(N(c5ccc(OC)cc5)c5ccc(OC)cc5)cc4C3(C)C)=C2O)C(C)(C)c2cc(C(=O)O)ccc21. The first-order chi connectivity index (χ1) is 28.8. The number of nitrogens with zero attached hydrogens (tertiary/aromatic N) is 3. The van der Waals surface area contributed by atoms with Gasteiger partial charge in [-0.2, -0.15) is 4.58 Å². The molecule has 0 saturated heterocycles. The van der Waals surface area contributed by atoms with Gasteiger partial charge in [-0.3, -0.25) is 4.79 Å². The van der Waals surface area contributed by atoms with Crippen molar-refractivity contribution in [3.05, 3.63) is 136 Å². The summed E-state index contributed by atoms with van der Waals surface area (Å²) in [6.07, 6.45) is 10.5. The minimum atomic E-state index is -0.976. The Bertz CT molecular complexity index is 2390. The Labute approximate surface area is 354 Å². The quantitative estimate of drug-likeness (QED) is 0.0655. The van der Waals surface area contributed by atoms with Crippen LogP contribution in [0.3, 0.4) is 0 Å². The highest BCUT2D eigenvalue weighted by Crippen LogP contribution is 2.51. The summed E-state index contributed by atoms with van der Waals surface area (Å²) >= 11 is 0. The van der Waals surface area contributed by atoms with E-state index in [0.717, 1.165) is 88.3 Å². The van der Waals surface area contributed by atoms with Gasteiger partial charge in [0, 0.05) is 64.5 Å². The van der Waals surface area contributed by atoms with Crippen molar-refractivity contribution in [2.75, 3.05) is 37.1 Å². The fourth-order valence-corrected chi connectivity index (χ4v) is 9.06. The molecule has 0 fully saturated rings. The third kappa shape index (κ3) is 7.50. The highest BCUT2D eigenvalue weighted by atomic mass is 16.5. The average molecular weight is 809 g/mol. The van der Waals surface area contributed by atoms with Gasteiger partial charge < -0.3 is 29.5 Å². The van der Waals surface area contributed by atoms with E-state index < -0.39 is 16.8 Å². The van der Waals surface area contributed by atoms with Crippen molar-refractivity contribution in [2.45, 2.75) is 90.9 Å². The number of carboxylic acids is 1. The number of hydrogen-bond donors (Lipinski definition) is 2. The van der Waals surface area contributed by atoms with E-state index in [1.54, 1.807) is 26.4 Å². The molecule has 7 rings (SSSR count). The summed E-state index contributed by atoms with van der Waals surface area (Å²) in [5.41, 5.74) is 8.41. The molecule has 0 radical (unpaired) electrons. The van der Waals surface area contributed by atoms with Gasteiger partial charge in [-0.15, -0.1) is 0 Å². The number of ketones is 1. The van der Waals surface area contributed by atoms with E-state index in [2.05, 4.69) is 74.1 Å². The topological polar surface area (TPSA) is 103 Å². The maximum absolute atomic E-state index is 14.2. The van der Waals surface area contributed by atoms with Gasteiger partial charge in [0.15, 0.2) is 5.71 Å². The number of aliphatic hydroxyl groups excluding tert-OH is 1. The number of unbranched alkanes of at least 4 members (excludes halogenated alkanes) is 5. The number of aromatic carboxylic acids is 1. The Morgan fingerprint density at radius 3 is 1.92 bits per heavy atom.